The van der Waals surface area contributed by atoms with Crippen LogP contribution in [-0.4, -0.2) is 24.1 Å². The Balaban J connectivity index is 0.910. The van der Waals surface area contributed by atoms with E-state index in [2.05, 4.69) is 156 Å². The van der Waals surface area contributed by atoms with E-state index in [1.807, 2.05) is 60.7 Å². The lowest BCUT2D eigenvalue weighted by atomic mass is 9.91. The van der Waals surface area contributed by atoms with Crippen LogP contribution in [0.2, 0.25) is 0 Å². The van der Waals surface area contributed by atoms with E-state index in [1.54, 1.807) is 0 Å². The molecule has 4 heterocycles. The molecule has 0 spiro atoms. The number of para-hydroxylation sites is 4. The number of furan rings is 1. The molecule has 0 amide bonds. The zero-order valence-corrected chi connectivity index (χ0v) is 35.7. The molecule has 65 heavy (non-hydrogen) atoms. The highest BCUT2D eigenvalue weighted by Gasteiger charge is 2.23. The van der Waals surface area contributed by atoms with E-state index in [9.17, 15) is 0 Å². The molecule has 0 saturated carbocycles. The summed E-state index contributed by atoms with van der Waals surface area (Å²) in [6, 6.07) is 66.3. The minimum absolute atomic E-state index is 0.378. The van der Waals surface area contributed by atoms with Crippen molar-refractivity contribution in [1.82, 2.24) is 24.1 Å². The molecular formula is C59H41N5O. The predicted molar refractivity (Wildman–Crippen MR) is 267 cm³/mol. The van der Waals surface area contributed by atoms with E-state index in [-0.39, 0.29) is 0 Å². The molecule has 8 aromatic carbocycles. The van der Waals surface area contributed by atoms with Gasteiger partial charge in [-0.25, -0.2) is 15.0 Å². The number of rotatable bonds is 7. The van der Waals surface area contributed by atoms with Gasteiger partial charge in [0.15, 0.2) is 17.5 Å². The molecule has 0 N–H and O–H groups in total. The molecule has 13 rings (SSSR count). The Labute approximate surface area is 375 Å². The van der Waals surface area contributed by atoms with Crippen molar-refractivity contribution < 1.29 is 4.42 Å². The minimum atomic E-state index is 0.378. The van der Waals surface area contributed by atoms with Crippen molar-refractivity contribution in [2.45, 2.75) is 19.8 Å². The lowest BCUT2D eigenvalue weighted by Gasteiger charge is -2.23. The van der Waals surface area contributed by atoms with Crippen LogP contribution in [0.1, 0.15) is 18.9 Å². The predicted octanol–water partition coefficient (Wildman–Crippen LogP) is 15.0. The maximum atomic E-state index is 6.81. The molecule has 0 aliphatic heterocycles. The first-order valence-corrected chi connectivity index (χ1v) is 22.4. The van der Waals surface area contributed by atoms with Crippen LogP contribution >= 0.6 is 0 Å². The summed E-state index contributed by atoms with van der Waals surface area (Å²) in [5.74, 6) is 2.32. The molecule has 6 nitrogen and oxygen atoms in total. The van der Waals surface area contributed by atoms with Crippen molar-refractivity contribution in [2.24, 2.45) is 5.92 Å². The SMILES string of the molecule is CC1C=C(n2c3ccccc3c3cc(-c4nc(-c5ccccc5)nc(-c5ccccc5)n4)ccc32)C(Cc2cccc3c2oc2ccc(-n4c5ccccc5c5ccccc54)cc23)=CC1. The molecule has 6 heteroatoms. The molecule has 12 aromatic rings. The largest absolute Gasteiger partial charge is 0.456 e. The topological polar surface area (TPSA) is 61.7 Å². The Morgan fingerprint density at radius 3 is 1.69 bits per heavy atom. The smallest absolute Gasteiger partial charge is 0.164 e. The number of hydrogen-bond acceptors (Lipinski definition) is 4. The number of fused-ring (bicyclic) bond motifs is 9. The number of aromatic nitrogens is 5. The van der Waals surface area contributed by atoms with Crippen molar-refractivity contribution in [2.75, 3.05) is 0 Å². The molecule has 1 atom stereocenters. The fourth-order valence-electron chi connectivity index (χ4n) is 10.1. The highest BCUT2D eigenvalue weighted by molar-refractivity contribution is 6.13. The molecular weight excluding hydrogens is 795 g/mol. The number of nitrogens with zero attached hydrogens (tertiary/aromatic N) is 5. The van der Waals surface area contributed by atoms with Crippen molar-refractivity contribution in [3.8, 4) is 39.9 Å². The van der Waals surface area contributed by atoms with Gasteiger partial charge in [-0.2, -0.15) is 0 Å². The maximum Gasteiger partial charge on any atom is 0.164 e. The summed E-state index contributed by atoms with van der Waals surface area (Å²) < 4.78 is 11.6. The lowest BCUT2D eigenvalue weighted by Crippen LogP contribution is -2.09. The van der Waals surface area contributed by atoms with E-state index in [4.69, 9.17) is 19.4 Å². The van der Waals surface area contributed by atoms with Gasteiger partial charge in [0.2, 0.25) is 0 Å². The van der Waals surface area contributed by atoms with E-state index in [0.29, 0.717) is 23.4 Å². The first kappa shape index (κ1) is 37.2. The summed E-state index contributed by atoms with van der Waals surface area (Å²) in [5, 5.41) is 7.08. The number of allylic oxidation sites excluding steroid dienone is 4. The molecule has 1 aliphatic carbocycles. The van der Waals surface area contributed by atoms with Gasteiger partial charge < -0.3 is 13.6 Å². The van der Waals surface area contributed by atoms with Crippen LogP contribution in [0.4, 0.5) is 0 Å². The third kappa shape index (κ3) is 6.13. The zero-order valence-electron chi connectivity index (χ0n) is 35.7. The molecule has 0 fully saturated rings. The first-order valence-electron chi connectivity index (χ1n) is 22.4. The number of hydrogen-bond donors (Lipinski definition) is 0. The quantitative estimate of drug-likeness (QED) is 0.160. The van der Waals surface area contributed by atoms with Crippen molar-refractivity contribution >= 4 is 71.2 Å². The van der Waals surface area contributed by atoms with Gasteiger partial charge in [0, 0.05) is 66.8 Å². The van der Waals surface area contributed by atoms with Crippen molar-refractivity contribution in [1.29, 1.82) is 0 Å². The molecule has 4 aromatic heterocycles. The Morgan fingerprint density at radius 1 is 0.477 bits per heavy atom. The third-order valence-corrected chi connectivity index (χ3v) is 13.2. The Morgan fingerprint density at radius 2 is 1.03 bits per heavy atom. The van der Waals surface area contributed by atoms with E-state index < -0.39 is 0 Å². The van der Waals surface area contributed by atoms with Crippen LogP contribution < -0.4 is 0 Å². The Kier molecular flexibility index (Phi) is 8.53. The monoisotopic (exact) mass is 835 g/mol. The Bertz CT molecular complexity index is 3800. The summed E-state index contributed by atoms with van der Waals surface area (Å²) in [5.41, 5.74) is 14.2. The Hall–Kier alpha value is -8.35. The second kappa shape index (κ2) is 14.9. The van der Waals surface area contributed by atoms with Crippen LogP contribution in [0, 0.1) is 5.92 Å². The minimum Gasteiger partial charge on any atom is -0.456 e. The van der Waals surface area contributed by atoms with Gasteiger partial charge in [-0.15, -0.1) is 0 Å². The van der Waals surface area contributed by atoms with Gasteiger partial charge in [-0.05, 0) is 78.1 Å². The van der Waals surface area contributed by atoms with Crippen LogP contribution in [0.15, 0.2) is 210 Å². The van der Waals surface area contributed by atoms with Gasteiger partial charge in [0.05, 0.1) is 22.1 Å². The van der Waals surface area contributed by atoms with Crippen LogP contribution in [0.3, 0.4) is 0 Å². The van der Waals surface area contributed by atoms with Gasteiger partial charge in [0.1, 0.15) is 11.2 Å². The standard InChI is InChI=1S/C59H41N5O/c1-37-27-28-40(34-41-19-14-23-47-49-36-43(30-32-55(49)65-56(41)47)63-50-24-11-8-20-44(50)45-21-9-12-25-51(45)63)54(33-37)64-52-26-13-10-22-46(52)48-35-42(29-31-53(48)64)59-61-57(38-15-4-2-5-16-38)60-58(62-59)39-17-6-3-7-18-39/h2-26,28-33,35-37H,27,34H2,1H3. The van der Waals surface area contributed by atoms with E-state index >= 15 is 0 Å². The average Bonchev–Trinajstić information content (AvgIpc) is 4.03. The fraction of sp³-hybridized carbons (Fsp3) is 0.0678. The lowest BCUT2D eigenvalue weighted by molar-refractivity contribution is 0.663. The highest BCUT2D eigenvalue weighted by Crippen LogP contribution is 2.41. The third-order valence-electron chi connectivity index (χ3n) is 13.2. The summed E-state index contributed by atoms with van der Waals surface area (Å²) in [6.07, 6.45) is 6.61. The van der Waals surface area contributed by atoms with Gasteiger partial charge in [-0.3, -0.25) is 0 Å². The van der Waals surface area contributed by atoms with Crippen molar-refractivity contribution in [3.05, 3.63) is 211 Å². The summed E-state index contributed by atoms with van der Waals surface area (Å²) in [6.45, 7) is 2.31. The van der Waals surface area contributed by atoms with Crippen LogP contribution in [0.25, 0.3) is 111 Å². The molecule has 1 aliphatic rings. The normalized spacial score (nSPS) is 14.3. The van der Waals surface area contributed by atoms with Crippen molar-refractivity contribution in [3.63, 3.8) is 0 Å². The molecule has 308 valence electrons. The molecule has 1 unspecified atom stereocenters. The average molecular weight is 836 g/mol. The maximum absolute atomic E-state index is 6.81. The van der Waals surface area contributed by atoms with E-state index in [0.717, 1.165) is 73.6 Å². The first-order chi connectivity index (χ1) is 32.1. The number of benzene rings is 8. The van der Waals surface area contributed by atoms with Gasteiger partial charge in [0.25, 0.3) is 0 Å². The van der Waals surface area contributed by atoms with Gasteiger partial charge in [-0.1, -0.05) is 153 Å². The van der Waals surface area contributed by atoms with Gasteiger partial charge >= 0.3 is 0 Å². The van der Waals surface area contributed by atoms with Crippen LogP contribution in [0.5, 0.6) is 0 Å². The fourth-order valence-corrected chi connectivity index (χ4v) is 10.1. The molecule has 0 radical (unpaired) electrons. The molecule has 0 bridgehead atoms. The summed E-state index contributed by atoms with van der Waals surface area (Å²) >= 11 is 0. The second-order valence-corrected chi connectivity index (χ2v) is 17.2. The summed E-state index contributed by atoms with van der Waals surface area (Å²) in [7, 11) is 0. The molecule has 0 saturated heterocycles. The van der Waals surface area contributed by atoms with Crippen LogP contribution in [-0.2, 0) is 6.42 Å². The van der Waals surface area contributed by atoms with E-state index in [1.165, 1.54) is 44.0 Å². The highest BCUT2D eigenvalue weighted by atomic mass is 16.3. The second-order valence-electron chi connectivity index (χ2n) is 17.2. The zero-order chi connectivity index (χ0) is 43.0. The summed E-state index contributed by atoms with van der Waals surface area (Å²) in [4.78, 5) is 15.1.